The van der Waals surface area contributed by atoms with Crippen molar-refractivity contribution in [1.29, 1.82) is 0 Å². The van der Waals surface area contributed by atoms with E-state index in [1.807, 2.05) is 12.1 Å². The Kier molecular flexibility index (Phi) is 5.77. The predicted molar refractivity (Wildman–Crippen MR) is 102 cm³/mol. The molecule has 2 aromatic rings. The minimum atomic E-state index is -3.70. The van der Waals surface area contributed by atoms with Crippen molar-refractivity contribution in [2.75, 3.05) is 46.1 Å². The van der Waals surface area contributed by atoms with Gasteiger partial charge >= 0.3 is 0 Å². The largest absolute Gasteiger partial charge is 0.486 e. The van der Waals surface area contributed by atoms with Crippen molar-refractivity contribution in [3.63, 3.8) is 0 Å². The lowest BCUT2D eigenvalue weighted by Gasteiger charge is -2.34. The van der Waals surface area contributed by atoms with E-state index >= 15 is 0 Å². The van der Waals surface area contributed by atoms with Crippen molar-refractivity contribution in [2.24, 2.45) is 0 Å². The molecule has 2 aliphatic heterocycles. The highest BCUT2D eigenvalue weighted by molar-refractivity contribution is 7.89. The first-order chi connectivity index (χ1) is 13.6. The second kappa shape index (κ2) is 8.44. The molecule has 9 heteroatoms. The highest BCUT2D eigenvalue weighted by atomic mass is 32.2. The fourth-order valence-electron chi connectivity index (χ4n) is 3.38. The van der Waals surface area contributed by atoms with E-state index in [1.54, 1.807) is 18.5 Å². The molecule has 0 amide bonds. The van der Waals surface area contributed by atoms with Crippen LogP contribution in [0.5, 0.6) is 11.5 Å². The van der Waals surface area contributed by atoms with Gasteiger partial charge in [-0.25, -0.2) is 13.1 Å². The van der Waals surface area contributed by atoms with E-state index in [2.05, 4.69) is 14.6 Å². The monoisotopic (exact) mass is 405 g/mol. The third-order valence-corrected chi connectivity index (χ3v) is 6.27. The molecule has 0 spiro atoms. The van der Waals surface area contributed by atoms with Crippen LogP contribution in [-0.2, 0) is 14.8 Å². The molecular weight excluding hydrogens is 382 g/mol. The van der Waals surface area contributed by atoms with Gasteiger partial charge in [0, 0.05) is 38.1 Å². The van der Waals surface area contributed by atoms with Crippen molar-refractivity contribution in [2.45, 2.75) is 10.9 Å². The molecule has 150 valence electrons. The summed E-state index contributed by atoms with van der Waals surface area (Å²) < 4.78 is 44.9. The van der Waals surface area contributed by atoms with Crippen LogP contribution in [0.2, 0.25) is 0 Å². The maximum Gasteiger partial charge on any atom is 0.240 e. The number of morpholine rings is 1. The summed E-state index contributed by atoms with van der Waals surface area (Å²) in [6.07, 6.45) is 3.48. The fraction of sp³-hybridized carbons (Fsp3) is 0.421. The van der Waals surface area contributed by atoms with E-state index < -0.39 is 10.0 Å². The Morgan fingerprint density at radius 1 is 1.07 bits per heavy atom. The quantitative estimate of drug-likeness (QED) is 0.772. The van der Waals surface area contributed by atoms with Crippen molar-refractivity contribution < 1.29 is 22.6 Å². The summed E-state index contributed by atoms with van der Waals surface area (Å²) in [4.78, 5) is 6.56. The molecule has 0 unspecified atom stereocenters. The Morgan fingerprint density at radius 2 is 1.86 bits per heavy atom. The summed E-state index contributed by atoms with van der Waals surface area (Å²) in [6.45, 7) is 3.85. The van der Waals surface area contributed by atoms with Gasteiger partial charge in [-0.05, 0) is 23.8 Å². The number of hydrogen-bond acceptors (Lipinski definition) is 7. The molecular formula is C19H23N3O5S. The van der Waals surface area contributed by atoms with Gasteiger partial charge in [-0.2, -0.15) is 0 Å². The number of sulfonamides is 1. The lowest BCUT2D eigenvalue weighted by Crippen LogP contribution is -2.43. The van der Waals surface area contributed by atoms with E-state index in [1.165, 1.54) is 12.1 Å². The van der Waals surface area contributed by atoms with E-state index in [4.69, 9.17) is 14.2 Å². The smallest absolute Gasteiger partial charge is 0.240 e. The van der Waals surface area contributed by atoms with Gasteiger partial charge in [0.25, 0.3) is 0 Å². The van der Waals surface area contributed by atoms with Gasteiger partial charge in [-0.3, -0.25) is 9.88 Å². The van der Waals surface area contributed by atoms with Gasteiger partial charge in [-0.1, -0.05) is 6.07 Å². The Balaban J connectivity index is 1.52. The average molecular weight is 405 g/mol. The lowest BCUT2D eigenvalue weighted by molar-refractivity contribution is 0.0171. The van der Waals surface area contributed by atoms with Crippen molar-refractivity contribution in [3.05, 3.63) is 48.3 Å². The van der Waals surface area contributed by atoms with Gasteiger partial charge in [0.05, 0.1) is 24.2 Å². The van der Waals surface area contributed by atoms with Crippen LogP contribution in [0.4, 0.5) is 0 Å². The van der Waals surface area contributed by atoms with Crippen molar-refractivity contribution in [1.82, 2.24) is 14.6 Å². The summed E-state index contributed by atoms with van der Waals surface area (Å²) in [5.41, 5.74) is 0.967. The number of hydrogen-bond donors (Lipinski definition) is 1. The lowest BCUT2D eigenvalue weighted by atomic mass is 10.1. The SMILES string of the molecule is O=S(=O)(NC[C@@H](c1cccnc1)N1CCOCC1)c1ccc2c(c1)OCCO2. The molecule has 1 aromatic heterocycles. The summed E-state index contributed by atoms with van der Waals surface area (Å²) in [5.74, 6) is 1.01. The minimum Gasteiger partial charge on any atom is -0.486 e. The highest BCUT2D eigenvalue weighted by Crippen LogP contribution is 2.32. The van der Waals surface area contributed by atoms with Gasteiger partial charge < -0.3 is 14.2 Å². The molecule has 8 nitrogen and oxygen atoms in total. The molecule has 0 radical (unpaired) electrons. The zero-order chi connectivity index (χ0) is 19.4. The average Bonchev–Trinajstić information content (AvgIpc) is 2.75. The summed E-state index contributed by atoms with van der Waals surface area (Å²) in [6, 6.07) is 8.37. The number of ether oxygens (including phenoxy) is 3. The third kappa shape index (κ3) is 4.27. The van der Waals surface area contributed by atoms with Crippen LogP contribution in [-0.4, -0.2) is 64.4 Å². The molecule has 1 fully saturated rings. The molecule has 1 saturated heterocycles. The van der Waals surface area contributed by atoms with Crippen LogP contribution in [0.1, 0.15) is 11.6 Å². The van der Waals surface area contributed by atoms with E-state index in [9.17, 15) is 8.42 Å². The number of pyridine rings is 1. The van der Waals surface area contributed by atoms with Gasteiger partial charge in [0.2, 0.25) is 10.0 Å². The molecule has 3 heterocycles. The summed E-state index contributed by atoms with van der Waals surface area (Å²) in [5, 5.41) is 0. The predicted octanol–water partition coefficient (Wildman–Crippen LogP) is 1.20. The van der Waals surface area contributed by atoms with E-state index in [0.29, 0.717) is 37.9 Å². The molecule has 4 rings (SSSR count). The first kappa shape index (κ1) is 19.1. The number of nitrogens with zero attached hydrogens (tertiary/aromatic N) is 2. The number of benzene rings is 1. The maximum atomic E-state index is 12.9. The zero-order valence-corrected chi connectivity index (χ0v) is 16.2. The second-order valence-corrected chi connectivity index (χ2v) is 8.37. The fourth-order valence-corrected chi connectivity index (χ4v) is 4.44. The van der Waals surface area contributed by atoms with Gasteiger partial charge in [0.1, 0.15) is 13.2 Å². The Bertz CT molecular complexity index is 901. The van der Waals surface area contributed by atoms with Crippen LogP contribution in [0.25, 0.3) is 0 Å². The van der Waals surface area contributed by atoms with E-state index in [-0.39, 0.29) is 17.5 Å². The van der Waals surface area contributed by atoms with Crippen molar-refractivity contribution in [3.8, 4) is 11.5 Å². The van der Waals surface area contributed by atoms with Crippen LogP contribution >= 0.6 is 0 Å². The molecule has 0 saturated carbocycles. The Labute approximate surface area is 164 Å². The van der Waals surface area contributed by atoms with Crippen LogP contribution in [0.3, 0.4) is 0 Å². The highest BCUT2D eigenvalue weighted by Gasteiger charge is 2.26. The molecule has 1 N–H and O–H groups in total. The topological polar surface area (TPSA) is 90.0 Å². The molecule has 1 aromatic carbocycles. The molecule has 2 aliphatic rings. The van der Waals surface area contributed by atoms with Crippen molar-refractivity contribution >= 4 is 10.0 Å². The number of nitrogens with one attached hydrogen (secondary N) is 1. The van der Waals surface area contributed by atoms with Crippen LogP contribution in [0, 0.1) is 0 Å². The Hall–Kier alpha value is -2.20. The number of rotatable bonds is 6. The minimum absolute atomic E-state index is 0.121. The molecule has 0 aliphatic carbocycles. The standard InChI is InChI=1S/C19H23N3O5S/c23-28(24,16-3-4-18-19(12-16)27-11-10-26-18)21-14-17(15-2-1-5-20-13-15)22-6-8-25-9-7-22/h1-5,12-13,17,21H,6-11,14H2/t17-/m0/s1. The Morgan fingerprint density at radius 3 is 2.61 bits per heavy atom. The third-order valence-electron chi connectivity index (χ3n) is 4.85. The normalized spacial score (nSPS) is 18.6. The molecule has 1 atom stereocenters. The summed E-state index contributed by atoms with van der Waals surface area (Å²) >= 11 is 0. The number of fused-ring (bicyclic) bond motifs is 1. The first-order valence-corrected chi connectivity index (χ1v) is 10.7. The summed E-state index contributed by atoms with van der Waals surface area (Å²) in [7, 11) is -3.70. The second-order valence-electron chi connectivity index (χ2n) is 6.61. The molecule has 0 bridgehead atoms. The number of aromatic nitrogens is 1. The van der Waals surface area contributed by atoms with Crippen LogP contribution in [0.15, 0.2) is 47.6 Å². The molecule has 28 heavy (non-hydrogen) atoms. The maximum absolute atomic E-state index is 12.9. The first-order valence-electron chi connectivity index (χ1n) is 9.24. The van der Waals surface area contributed by atoms with Gasteiger partial charge in [-0.15, -0.1) is 0 Å². The van der Waals surface area contributed by atoms with Crippen LogP contribution < -0.4 is 14.2 Å². The van der Waals surface area contributed by atoms with E-state index in [0.717, 1.165) is 18.7 Å². The zero-order valence-electron chi connectivity index (χ0n) is 15.4. The van der Waals surface area contributed by atoms with Gasteiger partial charge in [0.15, 0.2) is 11.5 Å².